The molecule has 294 valence electrons. The third kappa shape index (κ3) is 11.6. The Kier molecular flexibility index (Phi) is 15.2. The predicted octanol–water partition coefficient (Wildman–Crippen LogP) is 4.93. The summed E-state index contributed by atoms with van der Waals surface area (Å²) in [6.45, 7) is 6.51. The van der Waals surface area contributed by atoms with Crippen molar-refractivity contribution in [3.05, 3.63) is 95.6 Å². The summed E-state index contributed by atoms with van der Waals surface area (Å²) in [5.41, 5.74) is 3.06. The van der Waals surface area contributed by atoms with Gasteiger partial charge < -0.3 is 34.7 Å². The maximum atomic E-state index is 14.9. The summed E-state index contributed by atoms with van der Waals surface area (Å²) in [5.74, 6) is -5.54. The predicted molar refractivity (Wildman–Crippen MR) is 191 cm³/mol. The summed E-state index contributed by atoms with van der Waals surface area (Å²) in [6, 6.07) is 3.20. The maximum Gasteiger partial charge on any atom is 0.407 e. The minimum Gasteiger partial charge on any atom is -0.453 e. The van der Waals surface area contributed by atoms with E-state index >= 15 is 0 Å². The first-order valence-corrected chi connectivity index (χ1v) is 17.5. The molecule has 3 amide bonds. The highest BCUT2D eigenvalue weighted by atomic mass is 19.2. The van der Waals surface area contributed by atoms with Gasteiger partial charge in [-0.1, -0.05) is 63.3 Å². The lowest BCUT2D eigenvalue weighted by atomic mass is 9.86. The molecule has 0 saturated carbocycles. The van der Waals surface area contributed by atoms with E-state index in [0.717, 1.165) is 35.4 Å². The number of allylic oxidation sites excluding steroid dienone is 5. The van der Waals surface area contributed by atoms with Crippen LogP contribution in [0.15, 0.2) is 67.0 Å². The summed E-state index contributed by atoms with van der Waals surface area (Å²) in [6.07, 6.45) is 8.84. The molecule has 4 rings (SSSR count). The Bertz CT molecular complexity index is 1690. The number of pyridine rings is 1. The number of methoxy groups -OCH3 is 1. The Hall–Kier alpha value is -4.77. The van der Waals surface area contributed by atoms with Gasteiger partial charge in [-0.05, 0) is 48.4 Å². The van der Waals surface area contributed by atoms with E-state index in [1.54, 1.807) is 51.4 Å². The van der Waals surface area contributed by atoms with Gasteiger partial charge in [-0.3, -0.25) is 15.2 Å². The average Bonchev–Trinajstić information content (AvgIpc) is 3.76. The van der Waals surface area contributed by atoms with Crippen molar-refractivity contribution >= 4 is 23.7 Å². The number of aliphatic hydroxyl groups excluding tert-OH is 1. The lowest BCUT2D eigenvalue weighted by Crippen LogP contribution is -2.59. The van der Waals surface area contributed by atoms with Crippen molar-refractivity contribution in [2.45, 2.75) is 77.7 Å². The smallest absolute Gasteiger partial charge is 0.407 e. The number of aromatic nitrogens is 1. The first-order valence-electron chi connectivity index (χ1n) is 17.5. The molecule has 2 saturated heterocycles. The molecule has 16 heteroatoms. The van der Waals surface area contributed by atoms with Crippen LogP contribution in [0.2, 0.25) is 0 Å². The number of aliphatic hydroxyl groups is 1. The van der Waals surface area contributed by atoms with Crippen molar-refractivity contribution in [1.29, 1.82) is 0 Å². The lowest BCUT2D eigenvalue weighted by Gasteiger charge is -2.34. The molecule has 1 aromatic carbocycles. The molecule has 4 N–H and O–H groups in total. The number of hydrogen-bond acceptors (Lipinski definition) is 10. The van der Waals surface area contributed by atoms with Crippen molar-refractivity contribution in [2.75, 3.05) is 26.9 Å². The number of halogens is 3. The SMILES string of the molecule is C\C=C/C(=C\C=C\CC(NC(=O)OC1COC2OCCC12)C(O)CN(Cc1ccc(F)c(F)c1F)NC(=O)C(NC(=O)OC)C(C)(C)C)c1cccnc1. The zero-order valence-electron chi connectivity index (χ0n) is 30.9. The quantitative estimate of drug-likeness (QED) is 0.112. The molecule has 2 fully saturated rings. The van der Waals surface area contributed by atoms with Crippen molar-refractivity contribution < 1.29 is 51.6 Å². The van der Waals surface area contributed by atoms with Gasteiger partial charge in [-0.2, -0.15) is 0 Å². The van der Waals surface area contributed by atoms with Gasteiger partial charge in [0.1, 0.15) is 12.1 Å². The highest BCUT2D eigenvalue weighted by Crippen LogP contribution is 2.33. The van der Waals surface area contributed by atoms with E-state index in [1.165, 1.54) is 0 Å². The van der Waals surface area contributed by atoms with Gasteiger partial charge in [0.25, 0.3) is 5.91 Å². The van der Waals surface area contributed by atoms with Crippen LogP contribution in [-0.2, 0) is 30.3 Å². The maximum absolute atomic E-state index is 14.9. The van der Waals surface area contributed by atoms with Crippen LogP contribution in [0.5, 0.6) is 0 Å². The van der Waals surface area contributed by atoms with Gasteiger partial charge in [0.05, 0.1) is 38.4 Å². The van der Waals surface area contributed by atoms with Crippen LogP contribution in [0.1, 0.15) is 51.7 Å². The first kappa shape index (κ1) is 42.0. The van der Waals surface area contributed by atoms with Crippen LogP contribution < -0.4 is 16.1 Å². The van der Waals surface area contributed by atoms with E-state index in [2.05, 4.69) is 25.8 Å². The van der Waals surface area contributed by atoms with E-state index in [0.29, 0.717) is 13.0 Å². The molecule has 2 aromatic rings. The molecule has 2 aliphatic heterocycles. The largest absolute Gasteiger partial charge is 0.453 e. The minimum atomic E-state index is -1.71. The van der Waals surface area contributed by atoms with Gasteiger partial charge in [-0.15, -0.1) is 0 Å². The number of amides is 3. The zero-order chi connectivity index (χ0) is 39.4. The number of carbonyl (C=O) groups is 3. The van der Waals surface area contributed by atoms with Gasteiger partial charge in [-0.25, -0.2) is 27.8 Å². The second kappa shape index (κ2) is 19.5. The second-order valence-corrected chi connectivity index (χ2v) is 13.9. The summed E-state index contributed by atoms with van der Waals surface area (Å²) in [7, 11) is 1.13. The third-order valence-electron chi connectivity index (χ3n) is 8.88. The molecule has 0 aliphatic carbocycles. The van der Waals surface area contributed by atoms with Crippen molar-refractivity contribution in [1.82, 2.24) is 26.1 Å². The van der Waals surface area contributed by atoms with Crippen LogP contribution >= 0.6 is 0 Å². The van der Waals surface area contributed by atoms with Gasteiger partial charge in [0.15, 0.2) is 23.7 Å². The molecule has 0 radical (unpaired) electrons. The molecular formula is C38H48F3N5O8. The Morgan fingerprint density at radius 3 is 2.57 bits per heavy atom. The molecule has 0 spiro atoms. The normalized spacial score (nSPS) is 20.5. The Morgan fingerprint density at radius 2 is 1.89 bits per heavy atom. The molecule has 1 aromatic heterocycles. The fourth-order valence-electron chi connectivity index (χ4n) is 6.01. The highest BCUT2D eigenvalue weighted by Gasteiger charge is 2.44. The third-order valence-corrected chi connectivity index (χ3v) is 8.88. The van der Waals surface area contributed by atoms with Crippen LogP contribution in [-0.4, -0.2) is 90.6 Å². The number of hydrazine groups is 1. The number of rotatable bonds is 15. The number of ether oxygens (including phenoxy) is 4. The van der Waals surface area contributed by atoms with Gasteiger partial charge in [0.2, 0.25) is 0 Å². The lowest BCUT2D eigenvalue weighted by molar-refractivity contribution is -0.131. The molecule has 0 bridgehead atoms. The number of hydrogen-bond donors (Lipinski definition) is 4. The molecule has 54 heavy (non-hydrogen) atoms. The van der Waals surface area contributed by atoms with E-state index in [-0.39, 0.29) is 24.5 Å². The Labute approximate surface area is 312 Å². The average molecular weight is 760 g/mol. The van der Waals surface area contributed by atoms with E-state index in [1.807, 2.05) is 31.2 Å². The molecule has 13 nitrogen and oxygen atoms in total. The fourth-order valence-corrected chi connectivity index (χ4v) is 6.01. The topological polar surface area (TPSA) is 161 Å². The fraction of sp³-hybridized carbons (Fsp3) is 0.474. The summed E-state index contributed by atoms with van der Waals surface area (Å²) in [5, 5.41) is 17.9. The van der Waals surface area contributed by atoms with Crippen molar-refractivity contribution in [3.8, 4) is 0 Å². The number of carbonyl (C=O) groups excluding carboxylic acids is 3. The summed E-state index contributed by atoms with van der Waals surface area (Å²) >= 11 is 0. The van der Waals surface area contributed by atoms with Crippen LogP contribution in [0.3, 0.4) is 0 Å². The number of nitrogens with zero attached hydrogens (tertiary/aromatic N) is 2. The number of fused-ring (bicyclic) bond motifs is 1. The van der Waals surface area contributed by atoms with Crippen LogP contribution in [0.25, 0.3) is 5.57 Å². The number of nitrogens with one attached hydrogen (secondary N) is 3. The molecule has 6 atom stereocenters. The standard InChI is InChI=1S/C38H48F3N5O8/c1-6-10-23(24-12-9-17-42-19-24)11-7-8-13-28(43-37(50)54-30-22-53-35-26(30)16-18-52-35)29(47)21-46(20-25-14-15-27(39)32(41)31(25)40)45-34(48)33(38(2,3)4)44-36(49)51-5/h6-12,14-15,17,19,26,28-30,33,35,47H,13,16,18,20-22H2,1-5H3,(H,43,50)(H,44,49)(H,45,48)/b8-7+,10-6-,23-11+. The molecule has 2 aliphatic rings. The van der Waals surface area contributed by atoms with E-state index in [9.17, 15) is 32.7 Å². The molecule has 6 unspecified atom stereocenters. The number of benzene rings is 1. The van der Waals surface area contributed by atoms with E-state index < -0.39 is 84.6 Å². The first-order chi connectivity index (χ1) is 25.7. The molecular weight excluding hydrogens is 711 g/mol. The Morgan fingerprint density at radius 1 is 1.11 bits per heavy atom. The second-order valence-electron chi connectivity index (χ2n) is 13.9. The van der Waals surface area contributed by atoms with Crippen LogP contribution in [0.4, 0.5) is 22.8 Å². The van der Waals surface area contributed by atoms with Gasteiger partial charge in [0, 0.05) is 31.0 Å². The van der Waals surface area contributed by atoms with Crippen molar-refractivity contribution in [3.63, 3.8) is 0 Å². The van der Waals surface area contributed by atoms with E-state index in [4.69, 9.17) is 14.2 Å². The summed E-state index contributed by atoms with van der Waals surface area (Å²) < 4.78 is 64.5. The van der Waals surface area contributed by atoms with Gasteiger partial charge >= 0.3 is 12.2 Å². The zero-order valence-corrected chi connectivity index (χ0v) is 30.9. The molecule has 3 heterocycles. The minimum absolute atomic E-state index is 0.0507. The monoisotopic (exact) mass is 759 g/mol. The Balaban J connectivity index is 1.60. The summed E-state index contributed by atoms with van der Waals surface area (Å²) in [4.78, 5) is 43.2. The highest BCUT2D eigenvalue weighted by molar-refractivity contribution is 5.86. The number of alkyl carbamates (subject to hydrolysis) is 2. The van der Waals surface area contributed by atoms with Crippen LogP contribution in [0, 0.1) is 28.8 Å². The van der Waals surface area contributed by atoms with Crippen molar-refractivity contribution in [2.24, 2.45) is 11.3 Å².